The van der Waals surface area contributed by atoms with Gasteiger partial charge < -0.3 is 10.3 Å². The summed E-state index contributed by atoms with van der Waals surface area (Å²) >= 11 is 0. The number of nitrogens with one attached hydrogen (secondary N) is 2. The van der Waals surface area contributed by atoms with Crippen LogP contribution in [0.2, 0.25) is 0 Å². The molecule has 0 radical (unpaired) electrons. The number of aromatic amines is 1. The summed E-state index contributed by atoms with van der Waals surface area (Å²) in [6, 6.07) is 20.2. The monoisotopic (exact) mass is 344 g/mol. The van der Waals surface area contributed by atoms with Crippen LogP contribution in [0, 0.1) is 12.7 Å². The molecule has 128 valence electrons. The van der Waals surface area contributed by atoms with E-state index in [1.54, 1.807) is 18.3 Å². The molecule has 0 atom stereocenters. The summed E-state index contributed by atoms with van der Waals surface area (Å²) in [6.07, 6.45) is 1.71. The molecule has 2 aromatic heterocycles. The average Bonchev–Trinajstić information content (AvgIpc) is 3.06. The molecule has 0 amide bonds. The van der Waals surface area contributed by atoms with Gasteiger partial charge in [0, 0.05) is 23.1 Å². The van der Waals surface area contributed by atoms with Crippen LogP contribution in [-0.4, -0.2) is 15.0 Å². The third kappa shape index (κ3) is 3.32. The van der Waals surface area contributed by atoms with Crippen molar-refractivity contribution in [1.82, 2.24) is 15.0 Å². The lowest BCUT2D eigenvalue weighted by molar-refractivity contribution is 0.628. The number of aromatic nitrogens is 3. The average molecular weight is 344 g/mol. The van der Waals surface area contributed by atoms with E-state index in [1.165, 1.54) is 12.1 Å². The van der Waals surface area contributed by atoms with Crippen LogP contribution in [0.1, 0.15) is 5.69 Å². The summed E-state index contributed by atoms with van der Waals surface area (Å²) in [7, 11) is 0. The summed E-state index contributed by atoms with van der Waals surface area (Å²) in [4.78, 5) is 12.3. The van der Waals surface area contributed by atoms with E-state index in [1.807, 2.05) is 31.2 Å². The molecular weight excluding hydrogens is 327 g/mol. The van der Waals surface area contributed by atoms with Crippen LogP contribution >= 0.6 is 0 Å². The Kier molecular flexibility index (Phi) is 4.19. The maximum atomic E-state index is 13.1. The summed E-state index contributed by atoms with van der Waals surface area (Å²) in [6.45, 7) is 2.02. The van der Waals surface area contributed by atoms with Crippen LogP contribution in [0.3, 0.4) is 0 Å². The summed E-state index contributed by atoms with van der Waals surface area (Å²) in [5.41, 5.74) is 5.74. The molecule has 4 rings (SSSR count). The zero-order chi connectivity index (χ0) is 17.9. The van der Waals surface area contributed by atoms with Crippen molar-refractivity contribution in [2.24, 2.45) is 0 Å². The molecular formula is C21H17FN4. The SMILES string of the molecule is Cc1cc(-c2ccnc(Nc3ccc(F)cc3)n2)c(-c2ccccc2)[nH]1. The minimum atomic E-state index is -0.277. The molecule has 26 heavy (non-hydrogen) atoms. The molecule has 2 aromatic carbocycles. The molecule has 0 saturated carbocycles. The van der Waals surface area contributed by atoms with E-state index < -0.39 is 0 Å². The van der Waals surface area contributed by atoms with Gasteiger partial charge in [0.25, 0.3) is 0 Å². The van der Waals surface area contributed by atoms with Crippen LogP contribution in [-0.2, 0) is 0 Å². The largest absolute Gasteiger partial charge is 0.358 e. The zero-order valence-electron chi connectivity index (χ0n) is 14.2. The third-order valence-corrected chi connectivity index (χ3v) is 4.05. The predicted molar refractivity (Wildman–Crippen MR) is 102 cm³/mol. The molecule has 0 spiro atoms. The topological polar surface area (TPSA) is 53.6 Å². The standard InChI is InChI=1S/C21H17FN4/c1-14-13-18(20(24-14)15-5-3-2-4-6-15)19-11-12-23-21(26-19)25-17-9-7-16(22)8-10-17/h2-13,24H,1H3,(H,23,25,26). The van der Waals surface area contributed by atoms with Crippen LogP contribution in [0.4, 0.5) is 16.0 Å². The van der Waals surface area contributed by atoms with Crippen molar-refractivity contribution in [2.45, 2.75) is 6.92 Å². The van der Waals surface area contributed by atoms with E-state index in [0.29, 0.717) is 5.95 Å². The molecule has 2 heterocycles. The summed E-state index contributed by atoms with van der Waals surface area (Å²) < 4.78 is 13.1. The fraction of sp³-hybridized carbons (Fsp3) is 0.0476. The van der Waals surface area contributed by atoms with Gasteiger partial charge in [0.1, 0.15) is 5.82 Å². The fourth-order valence-electron chi connectivity index (χ4n) is 2.86. The van der Waals surface area contributed by atoms with Crippen LogP contribution < -0.4 is 5.32 Å². The minimum absolute atomic E-state index is 0.277. The Morgan fingerprint density at radius 2 is 1.73 bits per heavy atom. The molecule has 4 nitrogen and oxygen atoms in total. The first-order valence-electron chi connectivity index (χ1n) is 8.30. The number of halogens is 1. The van der Waals surface area contributed by atoms with Gasteiger partial charge in [-0.3, -0.25) is 0 Å². The molecule has 0 aliphatic heterocycles. The predicted octanol–water partition coefficient (Wildman–Crippen LogP) is 5.33. The number of aryl methyl sites for hydroxylation is 1. The van der Waals surface area contributed by atoms with Gasteiger partial charge in [0.15, 0.2) is 0 Å². The van der Waals surface area contributed by atoms with Gasteiger partial charge in [-0.05, 0) is 48.9 Å². The van der Waals surface area contributed by atoms with E-state index in [9.17, 15) is 4.39 Å². The summed E-state index contributed by atoms with van der Waals surface area (Å²) in [5, 5.41) is 3.11. The van der Waals surface area contributed by atoms with E-state index >= 15 is 0 Å². The first-order chi connectivity index (χ1) is 12.7. The van der Waals surface area contributed by atoms with Crippen molar-refractivity contribution in [1.29, 1.82) is 0 Å². The second-order valence-corrected chi connectivity index (χ2v) is 6.00. The Hall–Kier alpha value is -3.47. The molecule has 0 saturated heterocycles. The fourth-order valence-corrected chi connectivity index (χ4v) is 2.86. The van der Waals surface area contributed by atoms with Crippen molar-refractivity contribution >= 4 is 11.6 Å². The molecule has 0 aliphatic carbocycles. The molecule has 0 aliphatic rings. The quantitative estimate of drug-likeness (QED) is 0.526. The molecule has 0 fully saturated rings. The van der Waals surface area contributed by atoms with Gasteiger partial charge in [-0.15, -0.1) is 0 Å². The zero-order valence-corrected chi connectivity index (χ0v) is 14.2. The first-order valence-corrected chi connectivity index (χ1v) is 8.30. The first kappa shape index (κ1) is 16.0. The Labute approximate surface area is 150 Å². The van der Waals surface area contributed by atoms with Crippen LogP contribution in [0.15, 0.2) is 72.9 Å². The van der Waals surface area contributed by atoms with Crippen LogP contribution in [0.25, 0.3) is 22.5 Å². The number of nitrogens with zero attached hydrogens (tertiary/aromatic N) is 2. The maximum absolute atomic E-state index is 13.1. The van der Waals surface area contributed by atoms with Crippen molar-refractivity contribution in [3.63, 3.8) is 0 Å². The lowest BCUT2D eigenvalue weighted by atomic mass is 10.1. The highest BCUT2D eigenvalue weighted by Crippen LogP contribution is 2.31. The molecule has 4 aromatic rings. The highest BCUT2D eigenvalue weighted by molar-refractivity contribution is 5.80. The maximum Gasteiger partial charge on any atom is 0.227 e. The van der Waals surface area contributed by atoms with Crippen molar-refractivity contribution < 1.29 is 4.39 Å². The lowest BCUT2D eigenvalue weighted by Gasteiger charge is -2.08. The Morgan fingerprint density at radius 1 is 0.962 bits per heavy atom. The summed E-state index contributed by atoms with van der Waals surface area (Å²) in [5.74, 6) is 0.187. The Balaban J connectivity index is 1.70. The van der Waals surface area contributed by atoms with Gasteiger partial charge in [-0.2, -0.15) is 0 Å². The number of rotatable bonds is 4. The van der Waals surface area contributed by atoms with Gasteiger partial charge in [-0.25, -0.2) is 14.4 Å². The Morgan fingerprint density at radius 3 is 2.50 bits per heavy atom. The molecule has 0 unspecified atom stereocenters. The van der Waals surface area contributed by atoms with E-state index in [4.69, 9.17) is 0 Å². The minimum Gasteiger partial charge on any atom is -0.358 e. The highest BCUT2D eigenvalue weighted by Gasteiger charge is 2.12. The van der Waals surface area contributed by atoms with Crippen molar-refractivity contribution in [2.75, 3.05) is 5.32 Å². The number of anilines is 2. The van der Waals surface area contributed by atoms with E-state index in [0.717, 1.165) is 33.9 Å². The van der Waals surface area contributed by atoms with Gasteiger partial charge in [0.05, 0.1) is 11.4 Å². The van der Waals surface area contributed by atoms with E-state index in [2.05, 4.69) is 38.5 Å². The number of H-pyrrole nitrogens is 1. The highest BCUT2D eigenvalue weighted by atomic mass is 19.1. The number of benzene rings is 2. The van der Waals surface area contributed by atoms with Crippen LogP contribution in [0.5, 0.6) is 0 Å². The van der Waals surface area contributed by atoms with Gasteiger partial charge >= 0.3 is 0 Å². The lowest BCUT2D eigenvalue weighted by Crippen LogP contribution is -1.98. The van der Waals surface area contributed by atoms with Gasteiger partial charge in [-0.1, -0.05) is 30.3 Å². The number of hydrogen-bond acceptors (Lipinski definition) is 3. The third-order valence-electron chi connectivity index (χ3n) is 4.05. The van der Waals surface area contributed by atoms with E-state index in [-0.39, 0.29) is 5.82 Å². The number of hydrogen-bond donors (Lipinski definition) is 2. The second-order valence-electron chi connectivity index (χ2n) is 6.00. The second kappa shape index (κ2) is 6.80. The van der Waals surface area contributed by atoms with Crippen molar-refractivity contribution in [3.05, 3.63) is 84.4 Å². The smallest absolute Gasteiger partial charge is 0.227 e. The Bertz CT molecular complexity index is 1020. The normalized spacial score (nSPS) is 10.7. The molecule has 2 N–H and O–H groups in total. The van der Waals surface area contributed by atoms with Gasteiger partial charge in [0.2, 0.25) is 5.95 Å². The molecule has 5 heteroatoms. The van der Waals surface area contributed by atoms with Crippen molar-refractivity contribution in [3.8, 4) is 22.5 Å². The molecule has 0 bridgehead atoms.